The first-order valence-electron chi connectivity index (χ1n) is 5.20. The van der Waals surface area contributed by atoms with Gasteiger partial charge in [-0.3, -0.25) is 4.79 Å². The lowest BCUT2D eigenvalue weighted by molar-refractivity contribution is -0.119. The van der Waals surface area contributed by atoms with Crippen LogP contribution in [0, 0.1) is 0 Å². The summed E-state index contributed by atoms with van der Waals surface area (Å²) in [6, 6.07) is -0.0300. The van der Waals surface area contributed by atoms with Crippen LogP contribution in [-0.4, -0.2) is 43.5 Å². The summed E-state index contributed by atoms with van der Waals surface area (Å²) >= 11 is 0. The maximum atomic E-state index is 11.6. The largest absolute Gasteiger partial charge is 0.352 e. The molecule has 0 radical (unpaired) electrons. The number of nitrogens with one attached hydrogen (secondary N) is 1. The number of piperidine rings is 1. The van der Waals surface area contributed by atoms with Crippen molar-refractivity contribution >= 4 is 15.9 Å². The highest BCUT2D eigenvalue weighted by Crippen LogP contribution is 2.14. The first kappa shape index (κ1) is 12.4. The Morgan fingerprint density at radius 1 is 1.53 bits per heavy atom. The monoisotopic (exact) mass is 234 g/mol. The molecule has 1 fully saturated rings. The molecule has 1 rings (SSSR count). The highest BCUT2D eigenvalue weighted by Gasteiger charge is 2.27. The van der Waals surface area contributed by atoms with Gasteiger partial charge in [0.1, 0.15) is 0 Å². The topological polar surface area (TPSA) is 66.5 Å². The fraction of sp³-hybridized carbons (Fsp3) is 0.889. The second kappa shape index (κ2) is 4.94. The second-order valence-electron chi connectivity index (χ2n) is 3.80. The smallest absolute Gasteiger partial charge is 0.217 e. The molecule has 88 valence electrons. The van der Waals surface area contributed by atoms with E-state index in [-0.39, 0.29) is 17.7 Å². The van der Waals surface area contributed by atoms with Crippen molar-refractivity contribution in [1.29, 1.82) is 0 Å². The molecule has 1 aliphatic rings. The highest BCUT2D eigenvalue weighted by atomic mass is 32.2. The maximum absolute atomic E-state index is 11.6. The van der Waals surface area contributed by atoms with Crippen molar-refractivity contribution in [2.45, 2.75) is 32.7 Å². The molecule has 15 heavy (non-hydrogen) atoms. The minimum absolute atomic E-state index is 0.0300. The lowest BCUT2D eigenvalue weighted by Crippen LogP contribution is -2.49. The van der Waals surface area contributed by atoms with E-state index in [1.807, 2.05) is 0 Å². The van der Waals surface area contributed by atoms with Crippen molar-refractivity contribution in [2.75, 3.05) is 18.8 Å². The van der Waals surface area contributed by atoms with E-state index in [2.05, 4.69) is 5.32 Å². The van der Waals surface area contributed by atoms with E-state index in [9.17, 15) is 13.2 Å². The molecule has 1 unspecified atom stereocenters. The Hall–Kier alpha value is -0.620. The lowest BCUT2D eigenvalue weighted by atomic mass is 10.1. The van der Waals surface area contributed by atoms with Crippen molar-refractivity contribution in [3.05, 3.63) is 0 Å². The molecule has 1 saturated heterocycles. The zero-order chi connectivity index (χ0) is 11.5. The summed E-state index contributed by atoms with van der Waals surface area (Å²) in [5, 5.41) is 2.76. The van der Waals surface area contributed by atoms with Gasteiger partial charge >= 0.3 is 0 Å². The normalized spacial score (nSPS) is 23.7. The van der Waals surface area contributed by atoms with E-state index < -0.39 is 10.0 Å². The number of nitrogens with zero attached hydrogens (tertiary/aromatic N) is 1. The summed E-state index contributed by atoms with van der Waals surface area (Å²) in [6.07, 6.45) is 1.67. The van der Waals surface area contributed by atoms with Crippen LogP contribution in [0.15, 0.2) is 0 Å². The van der Waals surface area contributed by atoms with Crippen LogP contribution in [0.25, 0.3) is 0 Å². The number of amides is 1. The van der Waals surface area contributed by atoms with Crippen molar-refractivity contribution in [2.24, 2.45) is 0 Å². The Balaban J connectivity index is 2.60. The molecule has 1 amide bonds. The lowest BCUT2D eigenvalue weighted by Gasteiger charge is -2.31. The number of rotatable bonds is 3. The van der Waals surface area contributed by atoms with E-state index in [0.717, 1.165) is 12.8 Å². The third kappa shape index (κ3) is 3.46. The van der Waals surface area contributed by atoms with Gasteiger partial charge in [0.25, 0.3) is 0 Å². The molecule has 1 atom stereocenters. The van der Waals surface area contributed by atoms with Crippen molar-refractivity contribution in [1.82, 2.24) is 9.62 Å². The average molecular weight is 234 g/mol. The van der Waals surface area contributed by atoms with Gasteiger partial charge in [-0.05, 0) is 19.8 Å². The first-order chi connectivity index (χ1) is 6.95. The van der Waals surface area contributed by atoms with Crippen LogP contribution in [-0.2, 0) is 14.8 Å². The minimum Gasteiger partial charge on any atom is -0.352 e. The molecule has 5 nitrogen and oxygen atoms in total. The SMILES string of the molecule is CCS(=O)(=O)N1CCCC(NC(C)=O)C1. The van der Waals surface area contributed by atoms with Crippen molar-refractivity contribution < 1.29 is 13.2 Å². The standard InChI is InChI=1S/C9H18N2O3S/c1-3-15(13,14)11-6-4-5-9(7-11)10-8(2)12/h9H,3-7H2,1-2H3,(H,10,12). The van der Waals surface area contributed by atoms with E-state index in [4.69, 9.17) is 0 Å². The van der Waals surface area contributed by atoms with E-state index in [1.165, 1.54) is 11.2 Å². The molecule has 0 aliphatic carbocycles. The Labute approximate surface area is 90.9 Å². The quantitative estimate of drug-likeness (QED) is 0.743. The Morgan fingerprint density at radius 3 is 2.73 bits per heavy atom. The molecular weight excluding hydrogens is 216 g/mol. The number of carbonyl (C=O) groups excluding carboxylic acids is 1. The van der Waals surface area contributed by atoms with Gasteiger partial charge in [-0.2, -0.15) is 4.31 Å². The van der Waals surface area contributed by atoms with Crippen LogP contribution in [0.5, 0.6) is 0 Å². The summed E-state index contributed by atoms with van der Waals surface area (Å²) in [7, 11) is -3.11. The fourth-order valence-corrected chi connectivity index (χ4v) is 2.96. The summed E-state index contributed by atoms with van der Waals surface area (Å²) in [5.74, 6) is 0.0236. The van der Waals surface area contributed by atoms with Gasteiger partial charge in [-0.25, -0.2) is 8.42 Å². The van der Waals surface area contributed by atoms with Crippen LogP contribution < -0.4 is 5.32 Å². The molecule has 1 aliphatic heterocycles. The molecule has 0 bridgehead atoms. The van der Waals surface area contributed by atoms with Gasteiger partial charge < -0.3 is 5.32 Å². The summed E-state index contributed by atoms with van der Waals surface area (Å²) in [4.78, 5) is 10.9. The van der Waals surface area contributed by atoms with Gasteiger partial charge in [0.05, 0.1) is 5.75 Å². The van der Waals surface area contributed by atoms with E-state index >= 15 is 0 Å². The predicted octanol–water partition coefficient (Wildman–Crippen LogP) is -0.0634. The second-order valence-corrected chi connectivity index (χ2v) is 6.06. The number of hydrogen-bond donors (Lipinski definition) is 1. The van der Waals surface area contributed by atoms with Crippen LogP contribution >= 0.6 is 0 Å². The molecule has 1 N–H and O–H groups in total. The summed E-state index contributed by atoms with van der Waals surface area (Å²) < 4.78 is 24.7. The first-order valence-corrected chi connectivity index (χ1v) is 6.81. The molecule has 0 aromatic heterocycles. The van der Waals surface area contributed by atoms with Gasteiger partial charge in [-0.15, -0.1) is 0 Å². The van der Waals surface area contributed by atoms with Gasteiger partial charge in [0, 0.05) is 26.1 Å². The number of carbonyl (C=O) groups is 1. The summed E-state index contributed by atoms with van der Waals surface area (Å²) in [5.41, 5.74) is 0. The van der Waals surface area contributed by atoms with Crippen LogP contribution in [0.3, 0.4) is 0 Å². The Bertz CT molecular complexity index is 326. The molecule has 0 aromatic rings. The molecular formula is C9H18N2O3S. The third-order valence-electron chi connectivity index (χ3n) is 2.55. The van der Waals surface area contributed by atoms with Crippen LogP contribution in [0.2, 0.25) is 0 Å². The number of sulfonamides is 1. The minimum atomic E-state index is -3.11. The van der Waals surface area contributed by atoms with Crippen molar-refractivity contribution in [3.8, 4) is 0 Å². The molecule has 0 aromatic carbocycles. The molecule has 0 spiro atoms. The van der Waals surface area contributed by atoms with Crippen molar-refractivity contribution in [3.63, 3.8) is 0 Å². The maximum Gasteiger partial charge on any atom is 0.217 e. The van der Waals surface area contributed by atoms with Gasteiger partial charge in [-0.1, -0.05) is 0 Å². The highest BCUT2D eigenvalue weighted by molar-refractivity contribution is 7.89. The zero-order valence-corrected chi connectivity index (χ0v) is 10.0. The predicted molar refractivity (Wildman–Crippen MR) is 57.9 cm³/mol. The molecule has 0 saturated carbocycles. The van der Waals surface area contributed by atoms with Gasteiger partial charge in [0.2, 0.25) is 15.9 Å². The van der Waals surface area contributed by atoms with E-state index in [0.29, 0.717) is 13.1 Å². The zero-order valence-electron chi connectivity index (χ0n) is 9.19. The molecule has 1 heterocycles. The third-order valence-corrected chi connectivity index (χ3v) is 4.40. The Morgan fingerprint density at radius 2 is 2.20 bits per heavy atom. The Kier molecular flexibility index (Phi) is 4.10. The van der Waals surface area contributed by atoms with Crippen LogP contribution in [0.1, 0.15) is 26.7 Å². The number of hydrogen-bond acceptors (Lipinski definition) is 3. The fourth-order valence-electron chi connectivity index (χ4n) is 1.78. The average Bonchev–Trinajstić information content (AvgIpc) is 2.17. The van der Waals surface area contributed by atoms with Crippen LogP contribution in [0.4, 0.5) is 0 Å². The summed E-state index contributed by atoms with van der Waals surface area (Å²) in [6.45, 7) is 4.08. The van der Waals surface area contributed by atoms with E-state index in [1.54, 1.807) is 6.92 Å². The van der Waals surface area contributed by atoms with Gasteiger partial charge in [0.15, 0.2) is 0 Å². The molecule has 6 heteroatoms.